The molecule has 0 aliphatic rings. The molecule has 0 aliphatic heterocycles. The minimum atomic E-state index is -4.53. The molecule has 0 radical (unpaired) electrons. The van der Waals surface area contributed by atoms with E-state index >= 15 is 0 Å². The van der Waals surface area contributed by atoms with E-state index in [1.807, 2.05) is 0 Å². The molecule has 0 spiro atoms. The molecule has 3 rings (SSSR count). The van der Waals surface area contributed by atoms with Crippen LogP contribution in [-0.4, -0.2) is 38.9 Å². The van der Waals surface area contributed by atoms with Gasteiger partial charge in [-0.3, -0.25) is 9.97 Å². The first kappa shape index (κ1) is 19.0. The second kappa shape index (κ2) is 6.72. The minimum Gasteiger partial charge on any atom is -0.307 e. The highest BCUT2D eigenvalue weighted by Gasteiger charge is 2.31. The van der Waals surface area contributed by atoms with Crippen LogP contribution in [0.5, 0.6) is 0 Å². The van der Waals surface area contributed by atoms with Crippen LogP contribution in [0.15, 0.2) is 41.6 Å². The summed E-state index contributed by atoms with van der Waals surface area (Å²) in [6.45, 7) is 1.50. The lowest BCUT2D eigenvalue weighted by Gasteiger charge is -2.09. The Hall–Kier alpha value is -2.82. The molecule has 0 amide bonds. The zero-order valence-corrected chi connectivity index (χ0v) is 15.1. The van der Waals surface area contributed by atoms with Crippen LogP contribution in [0, 0.1) is 0 Å². The van der Waals surface area contributed by atoms with Gasteiger partial charge >= 0.3 is 6.18 Å². The zero-order chi connectivity index (χ0) is 19.8. The summed E-state index contributed by atoms with van der Waals surface area (Å²) in [5.74, 6) is 0.0319. The quantitative estimate of drug-likeness (QED) is 0.672. The molecule has 0 bridgehead atoms. The summed E-state index contributed by atoms with van der Waals surface area (Å²) in [5, 5.41) is 7.81. The van der Waals surface area contributed by atoms with Crippen molar-refractivity contribution in [2.45, 2.75) is 18.0 Å². The minimum absolute atomic E-state index is 0.0217. The fourth-order valence-corrected chi connectivity index (χ4v) is 3.49. The summed E-state index contributed by atoms with van der Waals surface area (Å²) in [5.41, 5.74) is -0.835. The van der Waals surface area contributed by atoms with Crippen molar-refractivity contribution >= 4 is 9.84 Å². The van der Waals surface area contributed by atoms with Crippen molar-refractivity contribution in [2.24, 2.45) is 7.05 Å². The normalized spacial score (nSPS) is 12.3. The highest BCUT2D eigenvalue weighted by Crippen LogP contribution is 2.32. The van der Waals surface area contributed by atoms with E-state index in [4.69, 9.17) is 0 Å². The number of nitrogens with zero attached hydrogens (tertiary/aromatic N) is 5. The molecule has 3 heterocycles. The fourth-order valence-electron chi connectivity index (χ4n) is 2.45. The fraction of sp³-hybridized carbons (Fsp3) is 0.250. The number of halogens is 3. The van der Waals surface area contributed by atoms with Crippen LogP contribution in [0.3, 0.4) is 0 Å². The van der Waals surface area contributed by atoms with Crippen LogP contribution in [0.25, 0.3) is 23.0 Å². The van der Waals surface area contributed by atoms with Gasteiger partial charge in [-0.1, -0.05) is 6.92 Å². The molecular formula is C16H14F3N5O2S. The molecule has 0 unspecified atom stereocenters. The lowest BCUT2D eigenvalue weighted by molar-refractivity contribution is -0.137. The molecular weight excluding hydrogens is 383 g/mol. The van der Waals surface area contributed by atoms with E-state index < -0.39 is 21.6 Å². The van der Waals surface area contributed by atoms with Gasteiger partial charge in [-0.25, -0.2) is 8.42 Å². The maximum Gasteiger partial charge on any atom is 0.416 e. The molecule has 27 heavy (non-hydrogen) atoms. The van der Waals surface area contributed by atoms with E-state index in [0.717, 1.165) is 18.3 Å². The van der Waals surface area contributed by atoms with Crippen molar-refractivity contribution in [3.63, 3.8) is 0 Å². The summed E-state index contributed by atoms with van der Waals surface area (Å²) in [6.07, 6.45) is -2.09. The van der Waals surface area contributed by atoms with Gasteiger partial charge in [0, 0.05) is 19.4 Å². The van der Waals surface area contributed by atoms with Gasteiger partial charge < -0.3 is 4.57 Å². The molecule has 0 saturated carbocycles. The van der Waals surface area contributed by atoms with E-state index in [2.05, 4.69) is 20.2 Å². The van der Waals surface area contributed by atoms with Crippen molar-refractivity contribution in [3.05, 3.63) is 42.2 Å². The maximum atomic E-state index is 12.9. The Kier molecular flexibility index (Phi) is 4.72. The average molecular weight is 397 g/mol. The van der Waals surface area contributed by atoms with Gasteiger partial charge in [-0.15, -0.1) is 10.2 Å². The number of aromatic nitrogens is 5. The van der Waals surface area contributed by atoms with E-state index in [9.17, 15) is 21.6 Å². The predicted molar refractivity (Wildman–Crippen MR) is 90.2 cm³/mol. The number of alkyl halides is 3. The third-order valence-corrected chi connectivity index (χ3v) is 5.65. The first-order chi connectivity index (χ1) is 12.6. The Morgan fingerprint density at radius 1 is 1.07 bits per heavy atom. The second-order valence-electron chi connectivity index (χ2n) is 5.59. The van der Waals surface area contributed by atoms with Gasteiger partial charge in [-0.2, -0.15) is 13.2 Å². The summed E-state index contributed by atoms with van der Waals surface area (Å²) in [4.78, 5) is 7.98. The first-order valence-corrected chi connectivity index (χ1v) is 9.41. The van der Waals surface area contributed by atoms with Crippen LogP contribution in [0.4, 0.5) is 13.2 Å². The van der Waals surface area contributed by atoms with Gasteiger partial charge in [-0.05, 0) is 24.3 Å². The van der Waals surface area contributed by atoms with E-state index in [-0.39, 0.29) is 33.7 Å². The van der Waals surface area contributed by atoms with Crippen molar-refractivity contribution in [3.8, 4) is 23.0 Å². The molecule has 3 aromatic rings. The van der Waals surface area contributed by atoms with E-state index in [1.165, 1.54) is 36.9 Å². The van der Waals surface area contributed by atoms with Gasteiger partial charge in [0.25, 0.3) is 0 Å². The van der Waals surface area contributed by atoms with Crippen molar-refractivity contribution in [1.29, 1.82) is 0 Å². The highest BCUT2D eigenvalue weighted by atomic mass is 32.2. The lowest BCUT2D eigenvalue weighted by Crippen LogP contribution is -2.09. The largest absolute Gasteiger partial charge is 0.416 e. The number of pyridine rings is 2. The molecule has 0 aromatic carbocycles. The van der Waals surface area contributed by atoms with Gasteiger partial charge in [0.15, 0.2) is 21.5 Å². The Labute approximate surface area is 152 Å². The standard InChI is InChI=1S/C16H14F3N5O2S/c1-3-27(25,26)12-5-4-7-21-13(12)15-23-22-14(24(15)2)11-9-10(6-8-20-11)16(17,18)19/h4-9H,3H2,1-2H3. The summed E-state index contributed by atoms with van der Waals surface area (Å²) < 4.78 is 64.8. The second-order valence-corrected chi connectivity index (χ2v) is 7.83. The molecule has 0 N–H and O–H groups in total. The molecule has 0 fully saturated rings. The third-order valence-electron chi connectivity index (χ3n) is 3.89. The number of rotatable bonds is 4. The number of hydrogen-bond donors (Lipinski definition) is 0. The van der Waals surface area contributed by atoms with E-state index in [1.54, 1.807) is 0 Å². The van der Waals surface area contributed by atoms with Crippen molar-refractivity contribution in [1.82, 2.24) is 24.7 Å². The SMILES string of the molecule is CCS(=O)(=O)c1cccnc1-c1nnc(-c2cc(C(F)(F)F)ccn2)n1C. The molecule has 0 aliphatic carbocycles. The van der Waals surface area contributed by atoms with Crippen LogP contribution in [0.1, 0.15) is 12.5 Å². The molecule has 0 atom stereocenters. The van der Waals surface area contributed by atoms with Crippen LogP contribution in [-0.2, 0) is 23.1 Å². The Morgan fingerprint density at radius 2 is 1.78 bits per heavy atom. The van der Waals surface area contributed by atoms with E-state index in [0.29, 0.717) is 0 Å². The van der Waals surface area contributed by atoms with Gasteiger partial charge in [0.1, 0.15) is 11.4 Å². The first-order valence-electron chi connectivity index (χ1n) is 7.76. The molecule has 142 valence electrons. The Balaban J connectivity index is 2.14. The molecule has 3 aromatic heterocycles. The summed E-state index contributed by atoms with van der Waals surface area (Å²) in [6, 6.07) is 4.59. The van der Waals surface area contributed by atoms with Crippen LogP contribution < -0.4 is 0 Å². The maximum absolute atomic E-state index is 12.9. The lowest BCUT2D eigenvalue weighted by atomic mass is 10.2. The van der Waals surface area contributed by atoms with Gasteiger partial charge in [0.2, 0.25) is 0 Å². The number of hydrogen-bond acceptors (Lipinski definition) is 6. The van der Waals surface area contributed by atoms with Crippen LogP contribution in [0.2, 0.25) is 0 Å². The zero-order valence-electron chi connectivity index (χ0n) is 14.3. The predicted octanol–water partition coefficient (Wildman–Crippen LogP) is 2.75. The van der Waals surface area contributed by atoms with Crippen molar-refractivity contribution < 1.29 is 21.6 Å². The Morgan fingerprint density at radius 3 is 2.44 bits per heavy atom. The molecule has 7 nitrogen and oxygen atoms in total. The molecule has 11 heteroatoms. The smallest absolute Gasteiger partial charge is 0.307 e. The average Bonchev–Trinajstić information content (AvgIpc) is 3.02. The third kappa shape index (κ3) is 3.54. The summed E-state index contributed by atoms with van der Waals surface area (Å²) in [7, 11) is -2.08. The van der Waals surface area contributed by atoms with Crippen LogP contribution >= 0.6 is 0 Å². The van der Waals surface area contributed by atoms with Crippen molar-refractivity contribution in [2.75, 3.05) is 5.75 Å². The Bertz CT molecular complexity index is 1090. The molecule has 0 saturated heterocycles. The topological polar surface area (TPSA) is 90.6 Å². The van der Waals surface area contributed by atoms with Gasteiger partial charge in [0.05, 0.1) is 16.2 Å². The number of sulfone groups is 1. The summed E-state index contributed by atoms with van der Waals surface area (Å²) >= 11 is 0. The monoisotopic (exact) mass is 397 g/mol. The highest BCUT2D eigenvalue weighted by molar-refractivity contribution is 7.91.